The lowest BCUT2D eigenvalue weighted by Gasteiger charge is -2.11. The Bertz CT molecular complexity index is 354. The van der Waals surface area contributed by atoms with E-state index in [1.165, 1.54) is 11.1 Å². The molecule has 0 amide bonds. The Morgan fingerprint density at radius 1 is 1.36 bits per heavy atom. The zero-order chi connectivity index (χ0) is 10.7. The smallest absolute Gasteiger partial charge is 0.335 e. The Morgan fingerprint density at radius 3 is 2.50 bits per heavy atom. The Hall–Kier alpha value is -1.31. The van der Waals surface area contributed by atoms with Crippen LogP contribution in [0.5, 0.6) is 0 Å². The van der Waals surface area contributed by atoms with Crippen LogP contribution >= 0.6 is 0 Å². The average molecular weight is 192 g/mol. The quantitative estimate of drug-likeness (QED) is 0.799. The number of hydrogen-bond acceptors (Lipinski definition) is 1. The minimum Gasteiger partial charge on any atom is -0.478 e. The minimum absolute atomic E-state index is 0.430. The molecule has 2 heteroatoms. The van der Waals surface area contributed by atoms with E-state index in [1.54, 1.807) is 6.07 Å². The molecule has 1 aromatic carbocycles. The van der Waals surface area contributed by atoms with Gasteiger partial charge < -0.3 is 5.11 Å². The normalized spacial score (nSPS) is 10.2. The van der Waals surface area contributed by atoms with E-state index in [9.17, 15) is 4.79 Å². The van der Waals surface area contributed by atoms with E-state index in [0.717, 1.165) is 18.4 Å². The number of carbonyl (C=O) groups is 1. The second-order valence-electron chi connectivity index (χ2n) is 3.59. The van der Waals surface area contributed by atoms with E-state index >= 15 is 0 Å². The average Bonchev–Trinajstić information content (AvgIpc) is 2.11. The highest BCUT2D eigenvalue weighted by Crippen LogP contribution is 2.19. The number of aromatic carboxylic acids is 1. The summed E-state index contributed by atoms with van der Waals surface area (Å²) in [5.41, 5.74) is 3.72. The summed E-state index contributed by atoms with van der Waals surface area (Å²) in [5, 5.41) is 8.95. The Kier molecular flexibility index (Phi) is 3.28. The first-order valence-corrected chi connectivity index (χ1v) is 4.90. The van der Waals surface area contributed by atoms with E-state index in [2.05, 4.69) is 6.92 Å². The van der Waals surface area contributed by atoms with Crippen molar-refractivity contribution >= 4 is 5.97 Å². The van der Waals surface area contributed by atoms with Crippen LogP contribution in [0.3, 0.4) is 0 Å². The summed E-state index contributed by atoms with van der Waals surface area (Å²) in [6.07, 6.45) is 2.00. The molecular weight excluding hydrogens is 176 g/mol. The van der Waals surface area contributed by atoms with Crippen molar-refractivity contribution in [2.45, 2.75) is 33.6 Å². The molecule has 0 saturated carbocycles. The number of hydrogen-bond donors (Lipinski definition) is 1. The zero-order valence-corrected chi connectivity index (χ0v) is 8.92. The molecule has 2 nitrogen and oxygen atoms in total. The third kappa shape index (κ3) is 1.95. The molecule has 76 valence electrons. The van der Waals surface area contributed by atoms with Gasteiger partial charge in [-0.15, -0.1) is 0 Å². The van der Waals surface area contributed by atoms with Crippen LogP contribution in [0.25, 0.3) is 0 Å². The molecule has 0 saturated heterocycles. The molecule has 0 fully saturated rings. The van der Waals surface area contributed by atoms with Crippen LogP contribution in [0.2, 0.25) is 0 Å². The van der Waals surface area contributed by atoms with Gasteiger partial charge in [0.1, 0.15) is 0 Å². The Morgan fingerprint density at radius 2 is 2.00 bits per heavy atom. The highest BCUT2D eigenvalue weighted by molar-refractivity contribution is 5.89. The minimum atomic E-state index is -0.833. The molecule has 0 aliphatic carbocycles. The van der Waals surface area contributed by atoms with Crippen molar-refractivity contribution in [1.29, 1.82) is 0 Å². The predicted octanol–water partition coefficient (Wildman–Crippen LogP) is 2.95. The highest BCUT2D eigenvalue weighted by atomic mass is 16.4. The first kappa shape index (κ1) is 10.8. The van der Waals surface area contributed by atoms with Crippen molar-refractivity contribution in [3.05, 3.63) is 34.4 Å². The fourth-order valence-electron chi connectivity index (χ4n) is 1.76. The van der Waals surface area contributed by atoms with Gasteiger partial charge in [-0.2, -0.15) is 0 Å². The maximum atomic E-state index is 10.9. The third-order valence-electron chi connectivity index (χ3n) is 2.56. The molecule has 0 aromatic heterocycles. The first-order chi connectivity index (χ1) is 6.57. The van der Waals surface area contributed by atoms with Crippen molar-refractivity contribution in [2.75, 3.05) is 0 Å². The molecule has 1 N–H and O–H groups in total. The van der Waals surface area contributed by atoms with Gasteiger partial charge in [-0.05, 0) is 43.0 Å². The van der Waals surface area contributed by atoms with Crippen molar-refractivity contribution in [2.24, 2.45) is 0 Å². The Balaban J connectivity index is 3.26. The molecule has 0 aliphatic rings. The van der Waals surface area contributed by atoms with E-state index in [-0.39, 0.29) is 0 Å². The summed E-state index contributed by atoms with van der Waals surface area (Å²) in [6, 6.07) is 3.58. The topological polar surface area (TPSA) is 37.3 Å². The van der Waals surface area contributed by atoms with Crippen LogP contribution in [0.4, 0.5) is 0 Å². The molecule has 1 rings (SSSR count). The SMILES string of the molecule is CCCc1c(C)ccc(C(=O)O)c1C. The molecule has 0 bridgehead atoms. The lowest BCUT2D eigenvalue weighted by Crippen LogP contribution is -2.04. The van der Waals surface area contributed by atoms with Crippen LogP contribution in [0.15, 0.2) is 12.1 Å². The van der Waals surface area contributed by atoms with Crippen molar-refractivity contribution in [3.63, 3.8) is 0 Å². The lowest BCUT2D eigenvalue weighted by atomic mass is 9.95. The van der Waals surface area contributed by atoms with Crippen LogP contribution in [-0.4, -0.2) is 11.1 Å². The maximum Gasteiger partial charge on any atom is 0.335 e. The molecule has 0 aliphatic heterocycles. The number of carboxylic acids is 1. The molecular formula is C12H16O2. The number of benzene rings is 1. The summed E-state index contributed by atoms with van der Waals surface area (Å²) in [4.78, 5) is 10.9. The van der Waals surface area contributed by atoms with Crippen LogP contribution < -0.4 is 0 Å². The van der Waals surface area contributed by atoms with E-state index in [4.69, 9.17) is 5.11 Å². The first-order valence-electron chi connectivity index (χ1n) is 4.90. The van der Waals surface area contributed by atoms with Gasteiger partial charge in [-0.3, -0.25) is 0 Å². The second-order valence-corrected chi connectivity index (χ2v) is 3.59. The number of rotatable bonds is 3. The van der Waals surface area contributed by atoms with Gasteiger partial charge in [-0.25, -0.2) is 4.79 Å². The second kappa shape index (κ2) is 4.27. The van der Waals surface area contributed by atoms with Crippen molar-refractivity contribution in [1.82, 2.24) is 0 Å². The van der Waals surface area contributed by atoms with Crippen LogP contribution in [-0.2, 0) is 6.42 Å². The summed E-state index contributed by atoms with van der Waals surface area (Å²) < 4.78 is 0. The highest BCUT2D eigenvalue weighted by Gasteiger charge is 2.11. The van der Waals surface area contributed by atoms with Gasteiger partial charge in [0.05, 0.1) is 5.56 Å². The van der Waals surface area contributed by atoms with Crippen molar-refractivity contribution < 1.29 is 9.90 Å². The van der Waals surface area contributed by atoms with Gasteiger partial charge in [0, 0.05) is 0 Å². The van der Waals surface area contributed by atoms with Crippen LogP contribution in [0, 0.1) is 13.8 Å². The number of aryl methyl sites for hydroxylation is 1. The van der Waals surface area contributed by atoms with E-state index in [1.807, 2.05) is 19.9 Å². The van der Waals surface area contributed by atoms with Crippen LogP contribution in [0.1, 0.15) is 40.4 Å². The van der Waals surface area contributed by atoms with Gasteiger partial charge >= 0.3 is 5.97 Å². The van der Waals surface area contributed by atoms with Gasteiger partial charge in [0.2, 0.25) is 0 Å². The zero-order valence-electron chi connectivity index (χ0n) is 8.92. The van der Waals surface area contributed by atoms with Crippen molar-refractivity contribution in [3.8, 4) is 0 Å². The number of carboxylic acid groups (broad SMARTS) is 1. The lowest BCUT2D eigenvalue weighted by molar-refractivity contribution is 0.0696. The third-order valence-corrected chi connectivity index (χ3v) is 2.56. The van der Waals surface area contributed by atoms with Gasteiger partial charge in [0.15, 0.2) is 0 Å². The van der Waals surface area contributed by atoms with Gasteiger partial charge in [0.25, 0.3) is 0 Å². The summed E-state index contributed by atoms with van der Waals surface area (Å²) in [5.74, 6) is -0.833. The van der Waals surface area contributed by atoms with E-state index in [0.29, 0.717) is 5.56 Å². The molecule has 1 aromatic rings. The standard InChI is InChI=1S/C12H16O2/c1-4-5-10-8(2)6-7-11(9(10)3)12(13)14/h6-7H,4-5H2,1-3H3,(H,13,14). The fraction of sp³-hybridized carbons (Fsp3) is 0.417. The molecule has 0 heterocycles. The largest absolute Gasteiger partial charge is 0.478 e. The Labute approximate surface area is 84.6 Å². The van der Waals surface area contributed by atoms with E-state index < -0.39 is 5.97 Å². The molecule has 14 heavy (non-hydrogen) atoms. The maximum absolute atomic E-state index is 10.9. The fourth-order valence-corrected chi connectivity index (χ4v) is 1.76. The molecule has 0 spiro atoms. The molecule has 0 radical (unpaired) electrons. The summed E-state index contributed by atoms with van der Waals surface area (Å²) >= 11 is 0. The predicted molar refractivity (Wildman–Crippen MR) is 56.9 cm³/mol. The molecule has 0 atom stereocenters. The van der Waals surface area contributed by atoms with Gasteiger partial charge in [-0.1, -0.05) is 19.4 Å². The summed E-state index contributed by atoms with van der Waals surface area (Å²) in [7, 11) is 0. The molecule has 0 unspecified atom stereocenters. The monoisotopic (exact) mass is 192 g/mol. The summed E-state index contributed by atoms with van der Waals surface area (Å²) in [6.45, 7) is 6.03.